The number of methoxy groups -OCH3 is 1. The van der Waals surface area contributed by atoms with Crippen LogP contribution in [0.5, 0.6) is 0 Å². The van der Waals surface area contributed by atoms with Crippen molar-refractivity contribution in [3.05, 3.63) is 23.4 Å². The molecule has 1 aliphatic rings. The molecule has 84 valence electrons. The van der Waals surface area contributed by atoms with E-state index < -0.39 is 0 Å². The van der Waals surface area contributed by atoms with Crippen molar-refractivity contribution in [2.24, 2.45) is 5.73 Å². The summed E-state index contributed by atoms with van der Waals surface area (Å²) in [7, 11) is 3.67. The van der Waals surface area contributed by atoms with Gasteiger partial charge in [0.1, 0.15) is 0 Å². The monoisotopic (exact) mass is 210 g/mol. The van der Waals surface area contributed by atoms with Crippen LogP contribution in [0, 0.1) is 0 Å². The van der Waals surface area contributed by atoms with Gasteiger partial charge in [0, 0.05) is 32.0 Å². The van der Waals surface area contributed by atoms with Crippen LogP contribution < -0.4 is 5.73 Å². The van der Waals surface area contributed by atoms with Crippen molar-refractivity contribution in [2.45, 2.75) is 12.8 Å². The normalized spacial score (nSPS) is 15.6. The number of allylic oxidation sites excluding steroid dienone is 2. The third-order valence-corrected chi connectivity index (χ3v) is 2.49. The Hall–Kier alpha value is -1.29. The summed E-state index contributed by atoms with van der Waals surface area (Å²) < 4.78 is 5.00. The largest absolute Gasteiger partial charge is 0.383 e. The maximum atomic E-state index is 11.0. The molecule has 0 spiro atoms. The summed E-state index contributed by atoms with van der Waals surface area (Å²) in [5.41, 5.74) is 6.99. The summed E-state index contributed by atoms with van der Waals surface area (Å²) in [5, 5.41) is 0. The van der Waals surface area contributed by atoms with Crippen molar-refractivity contribution in [3.8, 4) is 0 Å². The van der Waals surface area contributed by atoms with E-state index in [1.165, 1.54) is 0 Å². The molecule has 0 bridgehead atoms. The molecule has 0 aromatic heterocycles. The Labute approximate surface area is 90.4 Å². The zero-order chi connectivity index (χ0) is 11.3. The summed E-state index contributed by atoms with van der Waals surface area (Å²) >= 11 is 0. The first-order valence-corrected chi connectivity index (χ1v) is 5.05. The number of hydrogen-bond acceptors (Lipinski definition) is 3. The lowest BCUT2D eigenvalue weighted by atomic mass is 10.0. The van der Waals surface area contributed by atoms with Crippen LogP contribution in [0.15, 0.2) is 23.4 Å². The molecule has 0 radical (unpaired) electrons. The third-order valence-electron chi connectivity index (χ3n) is 2.49. The Balaban J connectivity index is 2.62. The van der Waals surface area contributed by atoms with Crippen molar-refractivity contribution < 1.29 is 9.53 Å². The number of hydrogen-bond donors (Lipinski definition) is 1. The molecule has 4 nitrogen and oxygen atoms in total. The van der Waals surface area contributed by atoms with E-state index in [4.69, 9.17) is 10.5 Å². The number of amides is 1. The molecule has 1 rings (SSSR count). The first-order chi connectivity index (χ1) is 7.15. The second-order valence-electron chi connectivity index (χ2n) is 3.61. The zero-order valence-electron chi connectivity index (χ0n) is 9.32. The van der Waals surface area contributed by atoms with Gasteiger partial charge in [-0.05, 0) is 18.9 Å². The maximum Gasteiger partial charge on any atom is 0.248 e. The molecule has 1 aliphatic carbocycles. The molecule has 15 heavy (non-hydrogen) atoms. The Morgan fingerprint density at radius 3 is 3.00 bits per heavy atom. The Morgan fingerprint density at radius 1 is 1.67 bits per heavy atom. The van der Waals surface area contributed by atoms with Crippen LogP contribution in [-0.2, 0) is 9.53 Å². The molecule has 0 aliphatic heterocycles. The lowest BCUT2D eigenvalue weighted by Gasteiger charge is -2.24. The molecule has 0 heterocycles. The van der Waals surface area contributed by atoms with Gasteiger partial charge >= 0.3 is 0 Å². The summed E-state index contributed by atoms with van der Waals surface area (Å²) in [5.74, 6) is -0.354. The fourth-order valence-electron chi connectivity index (χ4n) is 1.53. The number of nitrogens with two attached hydrogens (primary N) is 1. The molecule has 0 fully saturated rings. The van der Waals surface area contributed by atoms with Gasteiger partial charge in [0.15, 0.2) is 0 Å². The molecule has 0 aromatic carbocycles. The number of carbonyl (C=O) groups is 1. The van der Waals surface area contributed by atoms with E-state index in [0.29, 0.717) is 12.2 Å². The van der Waals surface area contributed by atoms with Gasteiger partial charge in [-0.25, -0.2) is 0 Å². The highest BCUT2D eigenvalue weighted by molar-refractivity contribution is 5.95. The molecule has 0 saturated heterocycles. The van der Waals surface area contributed by atoms with E-state index in [1.807, 2.05) is 19.2 Å². The summed E-state index contributed by atoms with van der Waals surface area (Å²) in [6, 6.07) is 0. The van der Waals surface area contributed by atoms with Crippen LogP contribution in [0.1, 0.15) is 12.8 Å². The van der Waals surface area contributed by atoms with Gasteiger partial charge in [-0.15, -0.1) is 0 Å². The molecule has 0 aromatic rings. The standard InChI is InChI=1S/C11H18N2O2/c1-13(6-7-15-2)10-5-3-4-9(8-10)11(12)14/h4,8H,3,5-7H2,1-2H3,(H2,12,14). The van der Waals surface area contributed by atoms with Crippen molar-refractivity contribution in [1.29, 1.82) is 0 Å². The van der Waals surface area contributed by atoms with Crippen LogP contribution in [0.2, 0.25) is 0 Å². The van der Waals surface area contributed by atoms with Crippen molar-refractivity contribution in [2.75, 3.05) is 27.3 Å². The minimum absolute atomic E-state index is 0.354. The Kier molecular flexibility index (Phi) is 4.37. The van der Waals surface area contributed by atoms with Crippen LogP contribution in [0.3, 0.4) is 0 Å². The minimum atomic E-state index is -0.354. The average Bonchev–Trinajstić information content (AvgIpc) is 2.26. The quantitative estimate of drug-likeness (QED) is 0.725. The van der Waals surface area contributed by atoms with E-state index >= 15 is 0 Å². The van der Waals surface area contributed by atoms with E-state index in [2.05, 4.69) is 4.90 Å². The van der Waals surface area contributed by atoms with Gasteiger partial charge in [-0.1, -0.05) is 6.08 Å². The van der Waals surface area contributed by atoms with Crippen LogP contribution in [-0.4, -0.2) is 38.1 Å². The highest BCUT2D eigenvalue weighted by atomic mass is 16.5. The molecule has 0 atom stereocenters. The first kappa shape index (κ1) is 11.8. The number of likely N-dealkylation sites (N-methyl/N-ethyl adjacent to an activating group) is 1. The van der Waals surface area contributed by atoms with Crippen molar-refractivity contribution in [3.63, 3.8) is 0 Å². The summed E-state index contributed by atoms with van der Waals surface area (Å²) in [4.78, 5) is 13.1. The predicted octanol–water partition coefficient (Wildman–Crippen LogP) is 0.654. The minimum Gasteiger partial charge on any atom is -0.383 e. The average molecular weight is 210 g/mol. The van der Waals surface area contributed by atoms with Crippen LogP contribution >= 0.6 is 0 Å². The Bertz CT molecular complexity index is 295. The molecule has 0 saturated carbocycles. The SMILES string of the molecule is COCCN(C)C1=CC(C(N)=O)=CCC1. The molecule has 4 heteroatoms. The fourth-order valence-corrected chi connectivity index (χ4v) is 1.53. The lowest BCUT2D eigenvalue weighted by Crippen LogP contribution is -2.24. The van der Waals surface area contributed by atoms with Crippen LogP contribution in [0.4, 0.5) is 0 Å². The fraction of sp³-hybridized carbons (Fsp3) is 0.545. The van der Waals surface area contributed by atoms with Gasteiger partial charge in [0.25, 0.3) is 0 Å². The van der Waals surface area contributed by atoms with Gasteiger partial charge in [-0.2, -0.15) is 0 Å². The van der Waals surface area contributed by atoms with Gasteiger partial charge in [0.2, 0.25) is 5.91 Å². The van der Waals surface area contributed by atoms with E-state index in [-0.39, 0.29) is 5.91 Å². The number of nitrogens with zero attached hydrogens (tertiary/aromatic N) is 1. The van der Waals surface area contributed by atoms with E-state index in [1.54, 1.807) is 7.11 Å². The van der Waals surface area contributed by atoms with E-state index in [0.717, 1.165) is 25.1 Å². The van der Waals surface area contributed by atoms with Crippen molar-refractivity contribution in [1.82, 2.24) is 4.90 Å². The highest BCUT2D eigenvalue weighted by Crippen LogP contribution is 2.19. The van der Waals surface area contributed by atoms with Gasteiger partial charge in [-0.3, -0.25) is 4.79 Å². The van der Waals surface area contributed by atoms with Crippen LogP contribution in [0.25, 0.3) is 0 Å². The number of carbonyl (C=O) groups excluding carboxylic acids is 1. The maximum absolute atomic E-state index is 11.0. The molecular weight excluding hydrogens is 192 g/mol. The van der Waals surface area contributed by atoms with Crippen molar-refractivity contribution >= 4 is 5.91 Å². The second kappa shape index (κ2) is 5.56. The highest BCUT2D eigenvalue weighted by Gasteiger charge is 2.12. The predicted molar refractivity (Wildman–Crippen MR) is 59.1 cm³/mol. The molecule has 2 N–H and O–H groups in total. The first-order valence-electron chi connectivity index (χ1n) is 5.05. The molecule has 1 amide bonds. The lowest BCUT2D eigenvalue weighted by molar-refractivity contribution is -0.114. The van der Waals surface area contributed by atoms with Gasteiger partial charge < -0.3 is 15.4 Å². The smallest absolute Gasteiger partial charge is 0.248 e. The molecule has 0 unspecified atom stereocenters. The number of ether oxygens (including phenoxy) is 1. The third kappa shape index (κ3) is 3.40. The number of primary amides is 1. The second-order valence-corrected chi connectivity index (χ2v) is 3.61. The topological polar surface area (TPSA) is 55.6 Å². The van der Waals surface area contributed by atoms with E-state index in [9.17, 15) is 4.79 Å². The zero-order valence-corrected chi connectivity index (χ0v) is 9.32. The summed E-state index contributed by atoms with van der Waals surface area (Å²) in [6.45, 7) is 1.51. The van der Waals surface area contributed by atoms with Gasteiger partial charge in [0.05, 0.1) is 6.61 Å². The molecular formula is C11H18N2O2. The summed E-state index contributed by atoms with van der Waals surface area (Å²) in [6.07, 6.45) is 5.58. The Morgan fingerprint density at radius 2 is 2.40 bits per heavy atom. The number of rotatable bonds is 5.